The third kappa shape index (κ3) is 4.20. The van der Waals surface area contributed by atoms with Crippen LogP contribution in [0.2, 0.25) is 0 Å². The van der Waals surface area contributed by atoms with Crippen LogP contribution in [0.1, 0.15) is 13.3 Å². The Balaban J connectivity index is 3.05. The summed E-state index contributed by atoms with van der Waals surface area (Å²) in [6.45, 7) is 5.04. The standard InChI is InChI=1S/C15H27N3O2/c1-6-7-18(9-8-17(2)3)13-11-15(20-5)14(19-4)10-12(13)16/h10-11H,6-9,16H2,1-5H3. The van der Waals surface area contributed by atoms with E-state index in [2.05, 4.69) is 30.8 Å². The first-order valence-electron chi connectivity index (χ1n) is 6.94. The van der Waals surface area contributed by atoms with Gasteiger partial charge in [0.05, 0.1) is 25.6 Å². The number of methoxy groups -OCH3 is 2. The first-order valence-corrected chi connectivity index (χ1v) is 6.94. The van der Waals surface area contributed by atoms with Crippen molar-refractivity contribution in [1.29, 1.82) is 0 Å². The van der Waals surface area contributed by atoms with Crippen molar-refractivity contribution in [3.8, 4) is 11.5 Å². The third-order valence-electron chi connectivity index (χ3n) is 3.18. The van der Waals surface area contributed by atoms with Crippen molar-refractivity contribution in [2.75, 3.05) is 58.6 Å². The number of likely N-dealkylation sites (N-methyl/N-ethyl adjacent to an activating group) is 1. The van der Waals surface area contributed by atoms with E-state index < -0.39 is 0 Å². The van der Waals surface area contributed by atoms with Gasteiger partial charge in [-0.1, -0.05) is 6.92 Å². The van der Waals surface area contributed by atoms with Crippen LogP contribution in [0.4, 0.5) is 11.4 Å². The van der Waals surface area contributed by atoms with Gasteiger partial charge in [0.25, 0.3) is 0 Å². The van der Waals surface area contributed by atoms with Crippen LogP contribution in [0.15, 0.2) is 12.1 Å². The number of rotatable bonds is 8. The molecule has 0 fully saturated rings. The quantitative estimate of drug-likeness (QED) is 0.739. The Bertz CT molecular complexity index is 422. The molecule has 0 heterocycles. The molecule has 1 aromatic rings. The lowest BCUT2D eigenvalue weighted by atomic mass is 10.2. The number of nitrogens with two attached hydrogens (primary N) is 1. The molecule has 20 heavy (non-hydrogen) atoms. The van der Waals surface area contributed by atoms with Crippen LogP contribution in [0, 0.1) is 0 Å². The minimum atomic E-state index is 0.665. The topological polar surface area (TPSA) is 51.0 Å². The lowest BCUT2D eigenvalue weighted by Crippen LogP contribution is -2.32. The molecule has 0 aliphatic carbocycles. The molecule has 0 atom stereocenters. The first kappa shape index (κ1) is 16.4. The molecule has 1 rings (SSSR count). The summed E-state index contributed by atoms with van der Waals surface area (Å²) in [5, 5.41) is 0. The van der Waals surface area contributed by atoms with Crippen molar-refractivity contribution >= 4 is 11.4 Å². The van der Waals surface area contributed by atoms with E-state index in [-0.39, 0.29) is 0 Å². The van der Waals surface area contributed by atoms with E-state index in [1.807, 2.05) is 12.1 Å². The highest BCUT2D eigenvalue weighted by Crippen LogP contribution is 2.36. The van der Waals surface area contributed by atoms with E-state index in [9.17, 15) is 0 Å². The Labute approximate surface area is 122 Å². The van der Waals surface area contributed by atoms with Crippen LogP contribution in [0.25, 0.3) is 0 Å². The Morgan fingerprint density at radius 2 is 1.60 bits per heavy atom. The molecule has 5 heteroatoms. The number of hydrogen-bond donors (Lipinski definition) is 1. The monoisotopic (exact) mass is 281 g/mol. The maximum absolute atomic E-state index is 6.17. The van der Waals surface area contributed by atoms with E-state index in [0.29, 0.717) is 11.5 Å². The van der Waals surface area contributed by atoms with Crippen molar-refractivity contribution in [3.63, 3.8) is 0 Å². The molecular formula is C15H27N3O2. The maximum atomic E-state index is 6.17. The van der Waals surface area contributed by atoms with Gasteiger partial charge in [0.2, 0.25) is 0 Å². The van der Waals surface area contributed by atoms with Gasteiger partial charge in [0, 0.05) is 31.8 Å². The summed E-state index contributed by atoms with van der Waals surface area (Å²) in [6, 6.07) is 3.78. The van der Waals surface area contributed by atoms with Gasteiger partial charge in [-0.15, -0.1) is 0 Å². The molecule has 0 spiro atoms. The minimum Gasteiger partial charge on any atom is -0.493 e. The van der Waals surface area contributed by atoms with Gasteiger partial charge in [-0.2, -0.15) is 0 Å². The molecule has 1 aromatic carbocycles. The predicted octanol–water partition coefficient (Wildman–Crippen LogP) is 2.06. The van der Waals surface area contributed by atoms with Crippen molar-refractivity contribution < 1.29 is 9.47 Å². The largest absolute Gasteiger partial charge is 0.493 e. The summed E-state index contributed by atoms with van der Waals surface area (Å²) in [4.78, 5) is 4.46. The zero-order chi connectivity index (χ0) is 15.1. The van der Waals surface area contributed by atoms with Crippen LogP contribution < -0.4 is 20.1 Å². The molecule has 0 aromatic heterocycles. The average Bonchev–Trinajstić information content (AvgIpc) is 2.43. The van der Waals surface area contributed by atoms with Gasteiger partial charge in [-0.3, -0.25) is 0 Å². The molecule has 0 unspecified atom stereocenters. The fourth-order valence-corrected chi connectivity index (χ4v) is 2.10. The summed E-state index contributed by atoms with van der Waals surface area (Å²) in [5.74, 6) is 1.38. The molecule has 0 amide bonds. The third-order valence-corrected chi connectivity index (χ3v) is 3.18. The second-order valence-electron chi connectivity index (χ2n) is 5.06. The molecule has 2 N–H and O–H groups in total. The fourth-order valence-electron chi connectivity index (χ4n) is 2.10. The lowest BCUT2D eigenvalue weighted by Gasteiger charge is -2.28. The molecule has 114 valence electrons. The van der Waals surface area contributed by atoms with Crippen LogP contribution >= 0.6 is 0 Å². The van der Waals surface area contributed by atoms with Gasteiger partial charge in [-0.25, -0.2) is 0 Å². The fraction of sp³-hybridized carbons (Fsp3) is 0.600. The number of hydrogen-bond acceptors (Lipinski definition) is 5. The van der Waals surface area contributed by atoms with Crippen LogP contribution in [-0.2, 0) is 0 Å². The molecule has 0 saturated heterocycles. The van der Waals surface area contributed by atoms with Gasteiger partial charge < -0.3 is 25.0 Å². The van der Waals surface area contributed by atoms with Gasteiger partial charge in [0.1, 0.15) is 0 Å². The van der Waals surface area contributed by atoms with E-state index in [1.54, 1.807) is 14.2 Å². The van der Waals surface area contributed by atoms with E-state index in [4.69, 9.17) is 15.2 Å². The summed E-state index contributed by atoms with van der Waals surface area (Å²) in [7, 11) is 7.40. The molecule has 0 bridgehead atoms. The predicted molar refractivity (Wildman–Crippen MR) is 85.0 cm³/mol. The maximum Gasteiger partial charge on any atom is 0.162 e. The smallest absolute Gasteiger partial charge is 0.162 e. The lowest BCUT2D eigenvalue weighted by molar-refractivity contribution is 0.355. The molecule has 0 radical (unpaired) electrons. The SMILES string of the molecule is CCCN(CCN(C)C)c1cc(OC)c(OC)cc1N. The van der Waals surface area contributed by atoms with Gasteiger partial charge in [0.15, 0.2) is 11.5 Å². The second kappa shape index (κ2) is 7.85. The van der Waals surface area contributed by atoms with Crippen molar-refractivity contribution in [2.45, 2.75) is 13.3 Å². The van der Waals surface area contributed by atoms with E-state index >= 15 is 0 Å². The molecular weight excluding hydrogens is 254 g/mol. The number of anilines is 2. The van der Waals surface area contributed by atoms with Crippen LogP contribution in [0.3, 0.4) is 0 Å². The molecule has 5 nitrogen and oxygen atoms in total. The Hall–Kier alpha value is -1.62. The summed E-state index contributed by atoms with van der Waals surface area (Å²) >= 11 is 0. The first-order chi connectivity index (χ1) is 9.53. The number of nitrogen functional groups attached to an aromatic ring is 1. The Kier molecular flexibility index (Phi) is 6.45. The minimum absolute atomic E-state index is 0.665. The van der Waals surface area contributed by atoms with Gasteiger partial charge in [-0.05, 0) is 20.5 Å². The Morgan fingerprint density at radius 1 is 1.00 bits per heavy atom. The number of ether oxygens (including phenoxy) is 2. The number of benzene rings is 1. The zero-order valence-electron chi connectivity index (χ0n) is 13.3. The molecule has 0 saturated carbocycles. The average molecular weight is 281 g/mol. The normalized spacial score (nSPS) is 10.7. The van der Waals surface area contributed by atoms with Crippen LogP contribution in [-0.4, -0.2) is 52.8 Å². The molecule has 0 aliphatic rings. The number of nitrogens with zero attached hydrogens (tertiary/aromatic N) is 2. The van der Waals surface area contributed by atoms with Crippen molar-refractivity contribution in [1.82, 2.24) is 4.90 Å². The van der Waals surface area contributed by atoms with Crippen LogP contribution in [0.5, 0.6) is 11.5 Å². The highest BCUT2D eigenvalue weighted by molar-refractivity contribution is 5.73. The highest BCUT2D eigenvalue weighted by Gasteiger charge is 2.14. The Morgan fingerprint density at radius 3 is 2.10 bits per heavy atom. The summed E-state index contributed by atoms with van der Waals surface area (Å²) < 4.78 is 10.6. The van der Waals surface area contributed by atoms with Gasteiger partial charge >= 0.3 is 0 Å². The van der Waals surface area contributed by atoms with E-state index in [1.165, 1.54) is 0 Å². The van der Waals surface area contributed by atoms with Crippen molar-refractivity contribution in [3.05, 3.63) is 12.1 Å². The molecule has 0 aliphatic heterocycles. The zero-order valence-corrected chi connectivity index (χ0v) is 13.3. The van der Waals surface area contributed by atoms with Crippen molar-refractivity contribution in [2.24, 2.45) is 0 Å². The second-order valence-corrected chi connectivity index (χ2v) is 5.06. The van der Waals surface area contributed by atoms with E-state index in [0.717, 1.165) is 37.4 Å². The summed E-state index contributed by atoms with van der Waals surface area (Å²) in [5.41, 5.74) is 7.89. The summed E-state index contributed by atoms with van der Waals surface area (Å²) in [6.07, 6.45) is 1.07. The highest BCUT2D eigenvalue weighted by atomic mass is 16.5.